The molecule has 7 rings (SSSR count). The van der Waals surface area contributed by atoms with Crippen molar-refractivity contribution in [3.63, 3.8) is 0 Å². The monoisotopic (exact) mass is 660 g/mol. The van der Waals surface area contributed by atoms with Gasteiger partial charge in [0.15, 0.2) is 0 Å². The van der Waals surface area contributed by atoms with E-state index >= 15 is 0 Å². The SMILES string of the molecule is CCC(=O)CN1CCN2CCN(CC(=O)NCCCN=[N+]=[N-])CCN(CC1)CC(=O)OC1C3CCCCC(CCCCC31)OC(=O)C2. The summed E-state index contributed by atoms with van der Waals surface area (Å²) in [6.45, 7) is 7.96. The van der Waals surface area contributed by atoms with Gasteiger partial charge in [0.05, 0.1) is 26.2 Å². The molecule has 0 spiro atoms. The Balaban J connectivity index is 1.53. The van der Waals surface area contributed by atoms with Crippen LogP contribution in [0.4, 0.5) is 0 Å². The Morgan fingerprint density at radius 3 is 1.89 bits per heavy atom. The zero-order chi connectivity index (χ0) is 33.4. The summed E-state index contributed by atoms with van der Waals surface area (Å²) in [5, 5.41) is 6.42. The third-order valence-corrected chi connectivity index (χ3v) is 10.1. The Hall–Kier alpha value is -2.77. The number of nitrogens with one attached hydrogen (secondary N) is 1. The summed E-state index contributed by atoms with van der Waals surface area (Å²) in [4.78, 5) is 63.2. The van der Waals surface area contributed by atoms with Gasteiger partial charge in [-0.25, -0.2) is 0 Å². The molecule has 5 heterocycles. The van der Waals surface area contributed by atoms with Crippen LogP contribution in [0.1, 0.15) is 71.1 Å². The highest BCUT2D eigenvalue weighted by Crippen LogP contribution is 2.49. The normalized spacial score (nSPS) is 30.5. The summed E-state index contributed by atoms with van der Waals surface area (Å²) in [7, 11) is 0. The van der Waals surface area contributed by atoms with Gasteiger partial charge in [-0.2, -0.15) is 0 Å². The highest BCUT2D eigenvalue weighted by atomic mass is 16.6. The van der Waals surface area contributed by atoms with Crippen LogP contribution in [0.15, 0.2) is 5.11 Å². The maximum atomic E-state index is 13.4. The third-order valence-electron chi connectivity index (χ3n) is 10.1. The first-order chi connectivity index (χ1) is 22.8. The van der Waals surface area contributed by atoms with Crippen LogP contribution in [0.2, 0.25) is 0 Å². The van der Waals surface area contributed by atoms with E-state index in [1.165, 1.54) is 0 Å². The van der Waals surface area contributed by atoms with E-state index < -0.39 is 0 Å². The number of hydrogen-bond acceptors (Lipinski definition) is 11. The molecule has 7 aliphatic rings. The second kappa shape index (κ2) is 19.9. The van der Waals surface area contributed by atoms with Crippen molar-refractivity contribution < 1.29 is 28.7 Å². The van der Waals surface area contributed by atoms with E-state index in [0.29, 0.717) is 96.7 Å². The van der Waals surface area contributed by atoms with Crippen molar-refractivity contribution in [2.45, 2.75) is 83.3 Å². The first kappa shape index (κ1) is 37.1. The minimum absolute atomic E-state index is 0.0164. The summed E-state index contributed by atoms with van der Waals surface area (Å²) in [6.07, 6.45) is 8.74. The van der Waals surface area contributed by atoms with Crippen LogP contribution >= 0.6 is 0 Å². The van der Waals surface area contributed by atoms with E-state index in [-0.39, 0.29) is 55.5 Å². The average molecular weight is 661 g/mol. The van der Waals surface area contributed by atoms with Crippen LogP contribution in [0.5, 0.6) is 0 Å². The van der Waals surface area contributed by atoms with Gasteiger partial charge in [-0.1, -0.05) is 24.9 Å². The van der Waals surface area contributed by atoms with Gasteiger partial charge in [0.1, 0.15) is 18.0 Å². The predicted molar refractivity (Wildman–Crippen MR) is 176 cm³/mol. The average Bonchev–Trinajstić information content (AvgIpc) is 3.70. The molecule has 14 heteroatoms. The molecule has 0 radical (unpaired) electrons. The molecular formula is C33H56N8O6. The Bertz CT molecular complexity index is 1040. The first-order valence-electron chi connectivity index (χ1n) is 17.9. The Morgan fingerprint density at radius 2 is 1.34 bits per heavy atom. The lowest BCUT2D eigenvalue weighted by atomic mass is 10.0. The van der Waals surface area contributed by atoms with E-state index in [1.54, 1.807) is 0 Å². The standard InChI is InChI=1S/C33H56N8O6/c1-2-26(42)22-38-14-18-40-20-16-39(23-30(43)35-12-7-13-36-37-34)17-21-41(19-15-38)25-32(45)47-33-28-10-5-3-8-27(46-31(44)24-40)9-4-6-11-29(28)33/h27-29,33H,2-25H2,1H3,(H,35,43). The minimum Gasteiger partial charge on any atom is -0.461 e. The van der Waals surface area contributed by atoms with Crippen LogP contribution in [0.3, 0.4) is 0 Å². The third kappa shape index (κ3) is 13.3. The van der Waals surface area contributed by atoms with Gasteiger partial charge in [-0.05, 0) is 50.5 Å². The van der Waals surface area contributed by atoms with Crippen molar-refractivity contribution >= 4 is 23.6 Å². The summed E-state index contributed by atoms with van der Waals surface area (Å²) in [6, 6.07) is 0. The summed E-state index contributed by atoms with van der Waals surface area (Å²) in [5.41, 5.74) is 8.48. The molecule has 1 amide bonds. The number of ether oxygens (including phenoxy) is 2. The fourth-order valence-electron chi connectivity index (χ4n) is 7.14. The van der Waals surface area contributed by atoms with E-state index in [0.717, 1.165) is 51.4 Å². The van der Waals surface area contributed by atoms with Gasteiger partial charge in [0, 0.05) is 88.6 Å². The molecule has 0 aromatic heterocycles. The Morgan fingerprint density at radius 1 is 0.809 bits per heavy atom. The minimum atomic E-state index is -0.215. The van der Waals surface area contributed by atoms with Crippen molar-refractivity contribution in [2.24, 2.45) is 17.0 Å². The smallest absolute Gasteiger partial charge is 0.320 e. The quantitative estimate of drug-likeness (QED) is 0.128. The number of esters is 2. The predicted octanol–water partition coefficient (Wildman–Crippen LogP) is 2.22. The summed E-state index contributed by atoms with van der Waals surface area (Å²) < 4.78 is 12.2. The van der Waals surface area contributed by atoms with Crippen LogP contribution < -0.4 is 5.32 Å². The zero-order valence-electron chi connectivity index (χ0n) is 28.4. The molecule has 14 nitrogen and oxygen atoms in total. The molecular weight excluding hydrogens is 604 g/mol. The van der Waals surface area contributed by atoms with Crippen molar-refractivity contribution in [3.05, 3.63) is 10.4 Å². The van der Waals surface area contributed by atoms with Gasteiger partial charge in [-0.3, -0.25) is 38.8 Å². The molecule has 4 unspecified atom stereocenters. The number of ketones is 1. The number of hydrogen-bond donors (Lipinski definition) is 1. The second-order valence-corrected chi connectivity index (χ2v) is 13.6. The van der Waals surface area contributed by atoms with Gasteiger partial charge in [0.2, 0.25) is 5.91 Å². The summed E-state index contributed by atoms with van der Waals surface area (Å²) in [5.74, 6) is 0.433. The van der Waals surface area contributed by atoms with E-state index in [2.05, 4.69) is 34.9 Å². The fourth-order valence-corrected chi connectivity index (χ4v) is 7.14. The molecule has 5 aliphatic heterocycles. The number of nitrogens with zero attached hydrogens (tertiary/aromatic N) is 7. The number of amides is 1. The van der Waals surface area contributed by atoms with Gasteiger partial charge in [0.25, 0.3) is 0 Å². The molecule has 4 atom stereocenters. The van der Waals surface area contributed by atoms with Crippen molar-refractivity contribution in [3.8, 4) is 0 Å². The Labute approximate surface area is 279 Å². The molecule has 2 aliphatic carbocycles. The van der Waals surface area contributed by atoms with Crippen LogP contribution in [0.25, 0.3) is 10.4 Å². The van der Waals surface area contributed by atoms with Crippen LogP contribution in [-0.4, -0.2) is 147 Å². The molecule has 47 heavy (non-hydrogen) atoms. The number of azide groups is 1. The van der Waals surface area contributed by atoms with Crippen molar-refractivity contribution in [1.82, 2.24) is 24.9 Å². The van der Waals surface area contributed by atoms with E-state index in [9.17, 15) is 19.2 Å². The van der Waals surface area contributed by atoms with Crippen molar-refractivity contribution in [2.75, 3.05) is 91.6 Å². The fraction of sp³-hybridized carbons (Fsp3) is 0.879. The second-order valence-electron chi connectivity index (χ2n) is 13.6. The van der Waals surface area contributed by atoms with Crippen LogP contribution in [-0.2, 0) is 28.7 Å². The van der Waals surface area contributed by atoms with E-state index in [1.807, 2.05) is 6.92 Å². The lowest BCUT2D eigenvalue weighted by Crippen LogP contribution is -2.50. The maximum Gasteiger partial charge on any atom is 0.320 e. The topological polar surface area (TPSA) is 160 Å². The molecule has 0 aromatic rings. The van der Waals surface area contributed by atoms with Gasteiger partial charge < -0.3 is 14.8 Å². The maximum absolute atomic E-state index is 13.4. The van der Waals surface area contributed by atoms with Crippen molar-refractivity contribution in [1.29, 1.82) is 0 Å². The lowest BCUT2D eigenvalue weighted by molar-refractivity contribution is -0.151. The summed E-state index contributed by atoms with van der Waals surface area (Å²) >= 11 is 0. The lowest BCUT2D eigenvalue weighted by Gasteiger charge is -2.33. The number of Topliss-reactive ketones (excluding diaryl/α,β-unsaturated/α-hetero) is 1. The highest BCUT2D eigenvalue weighted by Gasteiger charge is 2.51. The highest BCUT2D eigenvalue weighted by molar-refractivity contribution is 5.80. The van der Waals surface area contributed by atoms with Crippen LogP contribution in [0, 0.1) is 11.8 Å². The van der Waals surface area contributed by atoms with E-state index in [4.69, 9.17) is 15.0 Å². The first-order valence-corrected chi connectivity index (χ1v) is 17.9. The molecule has 7 fully saturated rings. The zero-order valence-corrected chi connectivity index (χ0v) is 28.4. The molecule has 2 saturated carbocycles. The molecule has 0 aromatic carbocycles. The van der Waals surface area contributed by atoms with Gasteiger partial charge >= 0.3 is 11.9 Å². The van der Waals surface area contributed by atoms with Gasteiger partial charge in [-0.15, -0.1) is 0 Å². The number of rotatable bonds is 9. The molecule has 6 bridgehead atoms. The molecule has 264 valence electrons. The number of carbonyl (C=O) groups excluding carboxylic acids is 4. The number of carbonyl (C=O) groups is 4. The Kier molecular flexibility index (Phi) is 15.7. The largest absolute Gasteiger partial charge is 0.461 e. The molecule has 5 saturated heterocycles. The molecule has 1 N–H and O–H groups in total.